The molecule has 6 heteroatoms. The van der Waals surface area contributed by atoms with Crippen molar-refractivity contribution in [2.24, 2.45) is 0 Å². The Kier molecular flexibility index (Phi) is 4.96. The van der Waals surface area contributed by atoms with Gasteiger partial charge in [0.25, 0.3) is 0 Å². The zero-order valence-corrected chi connectivity index (χ0v) is 14.5. The molecule has 0 bridgehead atoms. The number of nitriles is 1. The highest BCUT2D eigenvalue weighted by Gasteiger charge is 2.12. The lowest BCUT2D eigenvalue weighted by molar-refractivity contribution is 0.631. The second kappa shape index (κ2) is 7.14. The van der Waals surface area contributed by atoms with Crippen molar-refractivity contribution in [2.45, 2.75) is 0 Å². The summed E-state index contributed by atoms with van der Waals surface area (Å²) in [6.07, 6.45) is 1.67. The van der Waals surface area contributed by atoms with Gasteiger partial charge in [-0.25, -0.2) is 9.37 Å². The SMILES string of the molecule is N#C/C(=C\c1ccc(Cl)c(Cl)c1)c1nc(-c2ccccc2F)cs1. The Bertz CT molecular complexity index is 973. The van der Waals surface area contributed by atoms with Crippen LogP contribution in [-0.4, -0.2) is 4.98 Å². The largest absolute Gasteiger partial charge is 0.235 e. The van der Waals surface area contributed by atoms with Crippen molar-refractivity contribution in [1.82, 2.24) is 4.98 Å². The Morgan fingerprint density at radius 1 is 1.17 bits per heavy atom. The van der Waals surface area contributed by atoms with Crippen LogP contribution in [0.15, 0.2) is 47.8 Å². The van der Waals surface area contributed by atoms with Crippen LogP contribution in [0, 0.1) is 17.1 Å². The molecule has 3 rings (SSSR count). The van der Waals surface area contributed by atoms with Crippen LogP contribution in [0.2, 0.25) is 10.0 Å². The third-order valence-corrected chi connectivity index (χ3v) is 4.87. The number of hydrogen-bond donors (Lipinski definition) is 0. The van der Waals surface area contributed by atoms with E-state index in [2.05, 4.69) is 11.1 Å². The predicted molar refractivity (Wildman–Crippen MR) is 97.5 cm³/mol. The van der Waals surface area contributed by atoms with E-state index in [0.717, 1.165) is 5.56 Å². The molecule has 24 heavy (non-hydrogen) atoms. The monoisotopic (exact) mass is 374 g/mol. The third kappa shape index (κ3) is 3.49. The first-order valence-corrected chi connectivity index (χ1v) is 8.49. The molecule has 0 saturated heterocycles. The van der Waals surface area contributed by atoms with E-state index < -0.39 is 0 Å². The molecule has 0 N–H and O–H groups in total. The maximum Gasteiger partial charge on any atom is 0.134 e. The molecule has 0 atom stereocenters. The highest BCUT2D eigenvalue weighted by atomic mass is 35.5. The van der Waals surface area contributed by atoms with Crippen molar-refractivity contribution in [3.8, 4) is 17.3 Å². The van der Waals surface area contributed by atoms with Crippen molar-refractivity contribution in [3.63, 3.8) is 0 Å². The average Bonchev–Trinajstić information content (AvgIpc) is 3.06. The minimum absolute atomic E-state index is 0.346. The summed E-state index contributed by atoms with van der Waals surface area (Å²) in [4.78, 5) is 4.38. The molecule has 0 saturated carbocycles. The zero-order chi connectivity index (χ0) is 17.1. The molecule has 0 radical (unpaired) electrons. The molecule has 0 amide bonds. The fourth-order valence-electron chi connectivity index (χ4n) is 2.10. The van der Waals surface area contributed by atoms with Crippen LogP contribution in [0.5, 0.6) is 0 Å². The Balaban J connectivity index is 1.98. The van der Waals surface area contributed by atoms with Gasteiger partial charge < -0.3 is 0 Å². The summed E-state index contributed by atoms with van der Waals surface area (Å²) < 4.78 is 13.9. The van der Waals surface area contributed by atoms with Crippen molar-refractivity contribution >= 4 is 46.2 Å². The maximum absolute atomic E-state index is 13.9. The van der Waals surface area contributed by atoms with Crippen molar-refractivity contribution in [1.29, 1.82) is 5.26 Å². The van der Waals surface area contributed by atoms with Crippen LogP contribution < -0.4 is 0 Å². The van der Waals surface area contributed by atoms with E-state index in [-0.39, 0.29) is 5.82 Å². The molecule has 0 spiro atoms. The lowest BCUT2D eigenvalue weighted by atomic mass is 10.1. The van der Waals surface area contributed by atoms with Gasteiger partial charge in [0, 0.05) is 10.9 Å². The number of allylic oxidation sites excluding steroid dienone is 1. The molecule has 0 fully saturated rings. The third-order valence-electron chi connectivity index (χ3n) is 3.26. The Morgan fingerprint density at radius 3 is 2.67 bits per heavy atom. The summed E-state index contributed by atoms with van der Waals surface area (Å²) in [7, 11) is 0. The smallest absolute Gasteiger partial charge is 0.134 e. The van der Waals surface area contributed by atoms with E-state index in [1.165, 1.54) is 17.4 Å². The second-order valence-corrected chi connectivity index (χ2v) is 6.53. The molecule has 118 valence electrons. The highest BCUT2D eigenvalue weighted by Crippen LogP contribution is 2.29. The lowest BCUT2D eigenvalue weighted by Crippen LogP contribution is -1.86. The predicted octanol–water partition coefficient (Wildman–Crippen LogP) is 6.32. The second-order valence-electron chi connectivity index (χ2n) is 4.86. The summed E-state index contributed by atoms with van der Waals surface area (Å²) in [6.45, 7) is 0. The minimum atomic E-state index is -0.346. The summed E-state index contributed by atoms with van der Waals surface area (Å²) in [6, 6.07) is 13.6. The number of aromatic nitrogens is 1. The van der Waals surface area contributed by atoms with Crippen LogP contribution in [0.25, 0.3) is 22.9 Å². The van der Waals surface area contributed by atoms with Crippen LogP contribution >= 0.6 is 34.5 Å². The van der Waals surface area contributed by atoms with E-state index in [0.29, 0.717) is 31.9 Å². The summed E-state index contributed by atoms with van der Waals surface area (Å²) in [5.41, 5.74) is 2.03. The lowest BCUT2D eigenvalue weighted by Gasteiger charge is -1.99. The summed E-state index contributed by atoms with van der Waals surface area (Å²) in [5.74, 6) is -0.346. The number of hydrogen-bond acceptors (Lipinski definition) is 3. The Labute approximate surface area is 152 Å². The van der Waals surface area contributed by atoms with E-state index >= 15 is 0 Å². The van der Waals surface area contributed by atoms with E-state index in [4.69, 9.17) is 23.2 Å². The normalized spacial score (nSPS) is 11.3. The molecule has 0 aliphatic carbocycles. The Morgan fingerprint density at radius 2 is 1.96 bits per heavy atom. The molecule has 2 nitrogen and oxygen atoms in total. The first-order valence-electron chi connectivity index (χ1n) is 6.86. The van der Waals surface area contributed by atoms with Gasteiger partial charge in [-0.3, -0.25) is 0 Å². The van der Waals surface area contributed by atoms with Crippen LogP contribution in [-0.2, 0) is 0 Å². The number of halogens is 3. The average molecular weight is 375 g/mol. The van der Waals surface area contributed by atoms with Gasteiger partial charge in [-0.15, -0.1) is 11.3 Å². The van der Waals surface area contributed by atoms with Gasteiger partial charge in [0.2, 0.25) is 0 Å². The standard InChI is InChI=1S/C18H9Cl2FN2S/c19-14-6-5-11(8-15(14)20)7-12(9-22)18-23-17(10-24-18)13-3-1-2-4-16(13)21/h1-8,10H/b12-7+. The van der Waals surface area contributed by atoms with E-state index in [9.17, 15) is 9.65 Å². The minimum Gasteiger partial charge on any atom is -0.235 e. The number of rotatable bonds is 3. The summed E-state index contributed by atoms with van der Waals surface area (Å²) >= 11 is 13.2. The van der Waals surface area contributed by atoms with E-state index in [1.807, 2.05) is 0 Å². The van der Waals surface area contributed by atoms with Gasteiger partial charge >= 0.3 is 0 Å². The molecule has 0 aliphatic heterocycles. The number of benzene rings is 2. The van der Waals surface area contributed by atoms with Gasteiger partial charge in [-0.05, 0) is 35.9 Å². The maximum atomic E-state index is 13.9. The molecule has 2 aromatic carbocycles. The van der Waals surface area contributed by atoms with Gasteiger partial charge in [-0.2, -0.15) is 5.26 Å². The van der Waals surface area contributed by atoms with Crippen molar-refractivity contribution < 1.29 is 4.39 Å². The fourth-order valence-corrected chi connectivity index (χ4v) is 3.19. The van der Waals surface area contributed by atoms with Crippen molar-refractivity contribution in [2.75, 3.05) is 0 Å². The van der Waals surface area contributed by atoms with Gasteiger partial charge in [-0.1, -0.05) is 41.4 Å². The Hall–Kier alpha value is -2.19. The fraction of sp³-hybridized carbons (Fsp3) is 0. The molecule has 1 heterocycles. The molecule has 0 aliphatic rings. The van der Waals surface area contributed by atoms with E-state index in [1.54, 1.807) is 47.9 Å². The van der Waals surface area contributed by atoms with Crippen molar-refractivity contribution in [3.05, 3.63) is 74.3 Å². The molecule has 0 unspecified atom stereocenters. The molecule has 3 aromatic rings. The quantitative estimate of drug-likeness (QED) is 0.502. The first kappa shape index (κ1) is 16.7. The number of nitrogens with zero attached hydrogens (tertiary/aromatic N) is 2. The highest BCUT2D eigenvalue weighted by molar-refractivity contribution is 7.11. The summed E-state index contributed by atoms with van der Waals surface area (Å²) in [5, 5.41) is 12.5. The van der Waals surface area contributed by atoms with Crippen LogP contribution in [0.1, 0.15) is 10.6 Å². The molecular formula is C18H9Cl2FN2S. The van der Waals surface area contributed by atoms with Gasteiger partial charge in [0.05, 0.1) is 21.3 Å². The van der Waals surface area contributed by atoms with Gasteiger partial charge in [0.15, 0.2) is 0 Å². The zero-order valence-electron chi connectivity index (χ0n) is 12.1. The first-order chi connectivity index (χ1) is 11.6. The van der Waals surface area contributed by atoms with Crippen LogP contribution in [0.3, 0.4) is 0 Å². The van der Waals surface area contributed by atoms with Crippen LogP contribution in [0.4, 0.5) is 4.39 Å². The number of thiazole rings is 1. The molecular weight excluding hydrogens is 366 g/mol. The van der Waals surface area contributed by atoms with Gasteiger partial charge in [0.1, 0.15) is 16.9 Å². The molecule has 1 aromatic heterocycles. The topological polar surface area (TPSA) is 36.7 Å².